The Labute approximate surface area is 51.2 Å². The van der Waals surface area contributed by atoms with Crippen molar-refractivity contribution in [3.05, 3.63) is 17.8 Å². The van der Waals surface area contributed by atoms with Crippen molar-refractivity contribution >= 4 is 6.08 Å². The average Bonchev–Trinajstić information content (AvgIpc) is 2.18. The molecule has 0 fully saturated rings. The van der Waals surface area contributed by atoms with Gasteiger partial charge in [-0.3, -0.25) is 0 Å². The van der Waals surface area contributed by atoms with Crippen molar-refractivity contribution in [2.75, 3.05) is 0 Å². The molecule has 0 amide bonds. The molecule has 0 aromatic carbocycles. The van der Waals surface area contributed by atoms with Crippen LogP contribution in [0.25, 0.3) is 6.08 Å². The molecule has 0 aliphatic rings. The highest BCUT2D eigenvalue weighted by Crippen LogP contribution is 2.02. The van der Waals surface area contributed by atoms with Crippen molar-refractivity contribution < 1.29 is 8.91 Å². The Kier molecular flexibility index (Phi) is 1.58. The molecule has 0 aliphatic heterocycles. The van der Waals surface area contributed by atoms with E-state index in [0.717, 1.165) is 0 Å². The molecular weight excluding hydrogens is 123 g/mol. The number of allylic oxidation sites excluding steroid dienone is 1. The molecule has 1 aromatic heterocycles. The van der Waals surface area contributed by atoms with Gasteiger partial charge in [0.25, 0.3) is 0 Å². The van der Waals surface area contributed by atoms with Crippen LogP contribution in [0.15, 0.2) is 10.6 Å². The van der Waals surface area contributed by atoms with Crippen LogP contribution in [0, 0.1) is 6.01 Å². The Morgan fingerprint density at radius 2 is 2.44 bits per heavy atom. The molecule has 1 heterocycles. The number of hydrogen-bond donors (Lipinski definition) is 0. The van der Waals surface area contributed by atoms with E-state index in [1.807, 2.05) is 0 Å². The summed E-state index contributed by atoms with van der Waals surface area (Å²) in [6.45, 7) is 1.76. The molecule has 0 bridgehead atoms. The lowest BCUT2D eigenvalue weighted by molar-refractivity contribution is 0.271. The zero-order valence-electron chi connectivity index (χ0n) is 4.84. The number of halogens is 1. The summed E-state index contributed by atoms with van der Waals surface area (Å²) in [5.41, 5.74) is 0.137. The summed E-state index contributed by atoms with van der Waals surface area (Å²) >= 11 is 0. The Bertz CT molecular complexity index is 218. The van der Waals surface area contributed by atoms with Gasteiger partial charge < -0.3 is 4.52 Å². The maximum Gasteiger partial charge on any atom is 0.333 e. The summed E-state index contributed by atoms with van der Waals surface area (Å²) in [7, 11) is 0. The zero-order chi connectivity index (χ0) is 6.69. The summed E-state index contributed by atoms with van der Waals surface area (Å²) in [6.07, 6.45) is 3.13. The van der Waals surface area contributed by atoms with Crippen LogP contribution in [0.5, 0.6) is 0 Å². The van der Waals surface area contributed by atoms with Crippen LogP contribution >= 0.6 is 0 Å². The highest BCUT2D eigenvalue weighted by molar-refractivity contribution is 5.41. The quantitative estimate of drug-likeness (QED) is 0.571. The van der Waals surface area contributed by atoms with E-state index in [1.165, 1.54) is 6.08 Å². The molecule has 0 spiro atoms. The lowest BCUT2D eigenvalue weighted by atomic mass is 10.4. The topological polar surface area (TPSA) is 38.9 Å². The Balaban J connectivity index is 2.94. The second kappa shape index (κ2) is 2.39. The lowest BCUT2D eigenvalue weighted by Crippen LogP contribution is -1.73. The van der Waals surface area contributed by atoms with Crippen molar-refractivity contribution in [2.24, 2.45) is 0 Å². The maximum absolute atomic E-state index is 12.2. The van der Waals surface area contributed by atoms with Crippen molar-refractivity contribution in [2.45, 2.75) is 6.92 Å². The van der Waals surface area contributed by atoms with Gasteiger partial charge in [-0.25, -0.2) is 0 Å². The smallest absolute Gasteiger partial charge is 0.305 e. The first kappa shape index (κ1) is 5.94. The van der Waals surface area contributed by atoms with Crippen LogP contribution in [0.1, 0.15) is 12.6 Å². The van der Waals surface area contributed by atoms with Crippen LogP contribution in [-0.2, 0) is 0 Å². The second-order valence-corrected chi connectivity index (χ2v) is 1.43. The number of nitrogens with zero attached hydrogens (tertiary/aromatic N) is 2. The predicted octanol–water partition coefficient (Wildman–Crippen LogP) is 1.24. The SMILES string of the molecule is CC=Cc1nnoc1F. The van der Waals surface area contributed by atoms with E-state index in [-0.39, 0.29) is 5.69 Å². The van der Waals surface area contributed by atoms with Gasteiger partial charge in [-0.1, -0.05) is 6.08 Å². The monoisotopic (exact) mass is 128 g/mol. The third-order valence-corrected chi connectivity index (χ3v) is 0.795. The van der Waals surface area contributed by atoms with Gasteiger partial charge in [-0.05, 0) is 13.0 Å². The highest BCUT2D eigenvalue weighted by Gasteiger charge is 2.02. The summed E-state index contributed by atoms with van der Waals surface area (Å²) in [5, 5.41) is 6.32. The van der Waals surface area contributed by atoms with E-state index in [2.05, 4.69) is 14.9 Å². The minimum Gasteiger partial charge on any atom is -0.305 e. The normalized spacial score (nSPS) is 10.9. The van der Waals surface area contributed by atoms with Gasteiger partial charge in [-0.2, -0.15) is 4.39 Å². The van der Waals surface area contributed by atoms with Crippen molar-refractivity contribution in [1.82, 2.24) is 10.4 Å². The molecule has 0 unspecified atom stereocenters. The van der Waals surface area contributed by atoms with Crippen LogP contribution in [0.4, 0.5) is 4.39 Å². The molecule has 0 aliphatic carbocycles. The molecule has 0 atom stereocenters. The fraction of sp³-hybridized carbons (Fsp3) is 0.200. The first-order chi connectivity index (χ1) is 4.34. The van der Waals surface area contributed by atoms with Crippen molar-refractivity contribution in [3.63, 3.8) is 0 Å². The van der Waals surface area contributed by atoms with Crippen LogP contribution in [-0.4, -0.2) is 10.4 Å². The Morgan fingerprint density at radius 1 is 1.67 bits per heavy atom. The minimum absolute atomic E-state index is 0.137. The van der Waals surface area contributed by atoms with E-state index in [4.69, 9.17) is 0 Å². The summed E-state index contributed by atoms with van der Waals surface area (Å²) in [5.74, 6) is 0. The summed E-state index contributed by atoms with van der Waals surface area (Å²) in [6, 6.07) is -0.742. The van der Waals surface area contributed by atoms with Gasteiger partial charge in [0.2, 0.25) is 0 Å². The van der Waals surface area contributed by atoms with Gasteiger partial charge in [0.1, 0.15) is 0 Å². The fourth-order valence-corrected chi connectivity index (χ4v) is 0.443. The number of hydrogen-bond acceptors (Lipinski definition) is 3. The largest absolute Gasteiger partial charge is 0.333 e. The second-order valence-electron chi connectivity index (χ2n) is 1.43. The summed E-state index contributed by atoms with van der Waals surface area (Å²) < 4.78 is 16.2. The van der Waals surface area contributed by atoms with Crippen LogP contribution in [0.3, 0.4) is 0 Å². The lowest BCUT2D eigenvalue weighted by Gasteiger charge is -1.74. The standard InChI is InChI=1S/C5H5FN2O/c1-2-3-4-5(6)9-8-7-4/h2-3H,1H3. The van der Waals surface area contributed by atoms with Crippen LogP contribution < -0.4 is 0 Å². The molecular formula is C5H5FN2O. The van der Waals surface area contributed by atoms with Gasteiger partial charge in [-0.15, -0.1) is 5.10 Å². The molecule has 3 nitrogen and oxygen atoms in total. The molecule has 9 heavy (non-hydrogen) atoms. The molecule has 0 saturated carbocycles. The van der Waals surface area contributed by atoms with Gasteiger partial charge >= 0.3 is 6.01 Å². The van der Waals surface area contributed by atoms with Gasteiger partial charge in [0.15, 0.2) is 5.69 Å². The van der Waals surface area contributed by atoms with E-state index in [9.17, 15) is 4.39 Å². The maximum atomic E-state index is 12.2. The molecule has 0 saturated heterocycles. The molecule has 1 rings (SSSR count). The fourth-order valence-electron chi connectivity index (χ4n) is 0.443. The Hall–Kier alpha value is -1.19. The molecule has 0 N–H and O–H groups in total. The third kappa shape index (κ3) is 1.13. The van der Waals surface area contributed by atoms with Crippen LogP contribution in [0.2, 0.25) is 0 Å². The molecule has 48 valence electrons. The Morgan fingerprint density at radius 3 is 2.89 bits per heavy atom. The van der Waals surface area contributed by atoms with Gasteiger partial charge in [0.05, 0.1) is 0 Å². The van der Waals surface area contributed by atoms with Crippen molar-refractivity contribution in [1.29, 1.82) is 0 Å². The van der Waals surface area contributed by atoms with E-state index in [1.54, 1.807) is 13.0 Å². The van der Waals surface area contributed by atoms with E-state index < -0.39 is 6.01 Å². The van der Waals surface area contributed by atoms with E-state index in [0.29, 0.717) is 0 Å². The predicted molar refractivity (Wildman–Crippen MR) is 29.0 cm³/mol. The number of rotatable bonds is 1. The average molecular weight is 128 g/mol. The first-order valence-corrected chi connectivity index (χ1v) is 2.45. The first-order valence-electron chi connectivity index (χ1n) is 2.45. The van der Waals surface area contributed by atoms with E-state index >= 15 is 0 Å². The molecule has 1 aromatic rings. The summed E-state index contributed by atoms with van der Waals surface area (Å²) in [4.78, 5) is 0. The van der Waals surface area contributed by atoms with Gasteiger partial charge in [0, 0.05) is 5.27 Å². The minimum atomic E-state index is -0.742. The zero-order valence-corrected chi connectivity index (χ0v) is 4.84. The highest BCUT2D eigenvalue weighted by atomic mass is 19.1. The number of aromatic nitrogens is 2. The third-order valence-electron chi connectivity index (χ3n) is 0.795. The molecule has 0 radical (unpaired) electrons. The molecule has 4 heteroatoms. The van der Waals surface area contributed by atoms with Crippen molar-refractivity contribution in [3.8, 4) is 0 Å².